The Hall–Kier alpha value is -1.64. The van der Waals surface area contributed by atoms with Crippen LogP contribution in [0.5, 0.6) is 0 Å². The Balaban J connectivity index is 2.72. The Labute approximate surface area is 118 Å². The topological polar surface area (TPSA) is 89.3 Å². The van der Waals surface area contributed by atoms with E-state index in [4.69, 9.17) is 10.9 Å². The van der Waals surface area contributed by atoms with Crippen molar-refractivity contribution in [1.29, 1.82) is 0 Å². The molecule has 18 heavy (non-hydrogen) atoms. The number of nitrogens with two attached hydrogens (primary N) is 1. The van der Waals surface area contributed by atoms with Crippen molar-refractivity contribution in [2.45, 2.75) is 13.8 Å². The van der Waals surface area contributed by atoms with Crippen LogP contribution in [0.1, 0.15) is 17.0 Å². The van der Waals surface area contributed by atoms with E-state index in [0.717, 1.165) is 15.0 Å². The summed E-state index contributed by atoms with van der Waals surface area (Å²) in [6.45, 7) is 3.71. The first kappa shape index (κ1) is 12.8. The lowest BCUT2D eigenvalue weighted by Gasteiger charge is -2.11. The Morgan fingerprint density at radius 1 is 1.50 bits per heavy atom. The zero-order chi connectivity index (χ0) is 13.3. The minimum Gasteiger partial charge on any atom is -0.409 e. The number of hydrogen-bond donors (Lipinski definition) is 2. The van der Waals surface area contributed by atoms with Crippen molar-refractivity contribution >= 4 is 28.4 Å². The van der Waals surface area contributed by atoms with Gasteiger partial charge in [0, 0.05) is 11.9 Å². The predicted octanol–water partition coefficient (Wildman–Crippen LogP) is 1.58. The maximum absolute atomic E-state index is 8.86. The van der Waals surface area contributed by atoms with Crippen LogP contribution in [0.15, 0.2) is 23.6 Å². The molecule has 0 saturated heterocycles. The van der Waals surface area contributed by atoms with Gasteiger partial charge in [-0.05, 0) is 42.5 Å². The number of amidine groups is 1. The molecular formula is C11H12IN5O. The van der Waals surface area contributed by atoms with Crippen molar-refractivity contribution in [3.63, 3.8) is 0 Å². The van der Waals surface area contributed by atoms with Gasteiger partial charge < -0.3 is 10.9 Å². The molecule has 0 aliphatic rings. The molecule has 0 aliphatic heterocycles. The van der Waals surface area contributed by atoms with Crippen molar-refractivity contribution in [3.8, 4) is 5.69 Å². The lowest BCUT2D eigenvalue weighted by atomic mass is 10.1. The van der Waals surface area contributed by atoms with E-state index in [-0.39, 0.29) is 5.84 Å². The van der Waals surface area contributed by atoms with E-state index in [2.05, 4.69) is 37.8 Å². The van der Waals surface area contributed by atoms with E-state index in [0.29, 0.717) is 11.3 Å². The normalized spacial score (nSPS) is 11.8. The number of halogens is 1. The van der Waals surface area contributed by atoms with E-state index in [1.54, 1.807) is 10.9 Å². The van der Waals surface area contributed by atoms with Gasteiger partial charge in [0.1, 0.15) is 0 Å². The molecule has 2 heterocycles. The molecule has 2 rings (SSSR count). The molecule has 2 aromatic heterocycles. The molecule has 94 valence electrons. The molecule has 0 radical (unpaired) electrons. The summed E-state index contributed by atoms with van der Waals surface area (Å²) >= 11 is 2.17. The number of aromatic nitrogens is 3. The number of hydrogen-bond acceptors (Lipinski definition) is 4. The third kappa shape index (κ3) is 2.30. The summed E-state index contributed by atoms with van der Waals surface area (Å²) in [5.74, 6) is 0.0282. The monoisotopic (exact) mass is 357 g/mol. The third-order valence-electron chi connectivity index (χ3n) is 2.47. The van der Waals surface area contributed by atoms with Crippen molar-refractivity contribution in [2.24, 2.45) is 10.9 Å². The van der Waals surface area contributed by atoms with E-state index in [9.17, 15) is 0 Å². The molecule has 0 aliphatic carbocycles. The maximum Gasteiger partial charge on any atom is 0.174 e. The van der Waals surface area contributed by atoms with Crippen molar-refractivity contribution < 1.29 is 5.21 Å². The van der Waals surface area contributed by atoms with Crippen molar-refractivity contribution in [3.05, 3.63) is 39.0 Å². The van der Waals surface area contributed by atoms with Gasteiger partial charge in [0.2, 0.25) is 0 Å². The SMILES string of the molecule is Cc1cc(-n2cc(I)cn2)c(/C(N)=N/O)c(C)n1. The Bertz CT molecular complexity index is 620. The van der Waals surface area contributed by atoms with E-state index in [1.165, 1.54) is 0 Å². The first-order chi connectivity index (χ1) is 8.52. The molecule has 0 unspecified atom stereocenters. The predicted molar refractivity (Wildman–Crippen MR) is 76.1 cm³/mol. The molecule has 6 nitrogen and oxygen atoms in total. The van der Waals surface area contributed by atoms with Crippen LogP contribution in [0.2, 0.25) is 0 Å². The van der Waals surface area contributed by atoms with Crippen LogP contribution in [0.4, 0.5) is 0 Å². The van der Waals surface area contributed by atoms with Gasteiger partial charge in [-0.15, -0.1) is 0 Å². The van der Waals surface area contributed by atoms with Crippen LogP contribution < -0.4 is 5.73 Å². The van der Waals surface area contributed by atoms with E-state index in [1.807, 2.05) is 26.1 Å². The van der Waals surface area contributed by atoms with Crippen molar-refractivity contribution in [1.82, 2.24) is 14.8 Å². The highest BCUT2D eigenvalue weighted by molar-refractivity contribution is 14.1. The summed E-state index contributed by atoms with van der Waals surface area (Å²) in [5, 5.41) is 16.2. The third-order valence-corrected chi connectivity index (χ3v) is 3.03. The minimum atomic E-state index is 0.0282. The lowest BCUT2D eigenvalue weighted by molar-refractivity contribution is 0.318. The standard InChI is InChI=1S/C11H12IN5O/c1-6-3-9(17-5-8(12)4-14-17)10(7(2)15-6)11(13)16-18/h3-5,18H,1-2H3,(H2,13,16). The van der Waals surface area contributed by atoms with Gasteiger partial charge in [0.25, 0.3) is 0 Å². The molecule has 0 bridgehead atoms. The maximum atomic E-state index is 8.86. The largest absolute Gasteiger partial charge is 0.409 e. The van der Waals surface area contributed by atoms with Crippen LogP contribution in [0.3, 0.4) is 0 Å². The smallest absolute Gasteiger partial charge is 0.174 e. The summed E-state index contributed by atoms with van der Waals surface area (Å²) in [4.78, 5) is 4.32. The molecule has 0 amide bonds. The number of pyridine rings is 1. The second-order valence-electron chi connectivity index (χ2n) is 3.83. The van der Waals surface area contributed by atoms with Gasteiger partial charge in [-0.25, -0.2) is 4.68 Å². The first-order valence-corrected chi connectivity index (χ1v) is 6.27. The number of oxime groups is 1. The molecule has 0 saturated carbocycles. The van der Waals surface area contributed by atoms with Gasteiger partial charge in [-0.1, -0.05) is 5.16 Å². The van der Waals surface area contributed by atoms with Gasteiger partial charge >= 0.3 is 0 Å². The molecule has 0 fully saturated rings. The highest BCUT2D eigenvalue weighted by atomic mass is 127. The van der Waals surface area contributed by atoms with Crippen LogP contribution in [0.25, 0.3) is 5.69 Å². The second-order valence-corrected chi connectivity index (χ2v) is 5.08. The second kappa shape index (κ2) is 4.92. The summed E-state index contributed by atoms with van der Waals surface area (Å²) in [7, 11) is 0. The van der Waals surface area contributed by atoms with E-state index >= 15 is 0 Å². The van der Waals surface area contributed by atoms with Crippen LogP contribution in [-0.4, -0.2) is 25.8 Å². The van der Waals surface area contributed by atoms with Crippen LogP contribution in [-0.2, 0) is 0 Å². The zero-order valence-electron chi connectivity index (χ0n) is 9.92. The fraction of sp³-hybridized carbons (Fsp3) is 0.182. The molecule has 0 spiro atoms. The number of aryl methyl sites for hydroxylation is 2. The lowest BCUT2D eigenvalue weighted by Crippen LogP contribution is -2.19. The molecule has 0 aromatic carbocycles. The van der Waals surface area contributed by atoms with Crippen molar-refractivity contribution in [2.75, 3.05) is 0 Å². The highest BCUT2D eigenvalue weighted by Crippen LogP contribution is 2.19. The highest BCUT2D eigenvalue weighted by Gasteiger charge is 2.15. The molecule has 2 aromatic rings. The summed E-state index contributed by atoms with van der Waals surface area (Å²) in [5.41, 5.74) is 8.59. The summed E-state index contributed by atoms with van der Waals surface area (Å²) in [6.07, 6.45) is 3.60. The molecule has 7 heteroatoms. The van der Waals surface area contributed by atoms with Gasteiger partial charge in [0.15, 0.2) is 5.84 Å². The average molecular weight is 357 g/mol. The number of nitrogens with zero attached hydrogens (tertiary/aromatic N) is 4. The van der Waals surface area contributed by atoms with E-state index < -0.39 is 0 Å². The first-order valence-electron chi connectivity index (χ1n) is 5.19. The Kier molecular flexibility index (Phi) is 3.50. The molecule has 3 N–H and O–H groups in total. The quantitative estimate of drug-likeness (QED) is 0.281. The molecule has 0 atom stereocenters. The van der Waals surface area contributed by atoms with Gasteiger partial charge in [0.05, 0.1) is 26.7 Å². The van der Waals surface area contributed by atoms with Crippen LogP contribution >= 0.6 is 22.6 Å². The summed E-state index contributed by atoms with van der Waals surface area (Å²) in [6, 6.07) is 1.85. The van der Waals surface area contributed by atoms with Gasteiger partial charge in [-0.2, -0.15) is 5.10 Å². The summed E-state index contributed by atoms with van der Waals surface area (Å²) < 4.78 is 2.70. The molecular weight excluding hydrogens is 345 g/mol. The zero-order valence-corrected chi connectivity index (χ0v) is 12.1. The minimum absolute atomic E-state index is 0.0282. The average Bonchev–Trinajstić information content (AvgIpc) is 2.74. The van der Waals surface area contributed by atoms with Gasteiger partial charge in [-0.3, -0.25) is 4.98 Å². The fourth-order valence-corrected chi connectivity index (χ4v) is 2.18. The Morgan fingerprint density at radius 2 is 2.22 bits per heavy atom. The fourth-order valence-electron chi connectivity index (χ4n) is 1.79. The Morgan fingerprint density at radius 3 is 2.78 bits per heavy atom. The number of rotatable bonds is 2. The van der Waals surface area contributed by atoms with Crippen LogP contribution in [0, 0.1) is 17.4 Å².